The van der Waals surface area contributed by atoms with E-state index in [1.165, 1.54) is 13.8 Å². The third kappa shape index (κ3) is 12.3. The maximum absolute atomic E-state index is 12.9. The fourth-order valence-corrected chi connectivity index (χ4v) is 3.19. The average Bonchev–Trinajstić information content (AvgIpc) is 2.78. The Bertz CT molecular complexity index is 920. The molecule has 0 aliphatic carbocycles. The molecule has 0 aromatic heterocycles. The minimum absolute atomic E-state index is 0.240. The Morgan fingerprint density at radius 1 is 0.632 bits per heavy atom. The van der Waals surface area contributed by atoms with Gasteiger partial charge in [-0.3, -0.25) is 33.6 Å². The highest BCUT2D eigenvalue weighted by Gasteiger charge is 2.33. The van der Waals surface area contributed by atoms with E-state index in [0.717, 1.165) is 0 Å². The molecule has 0 fully saturated rings. The number of carboxylic acid groups (broad SMARTS) is 2. The summed E-state index contributed by atoms with van der Waals surface area (Å²) in [5.74, 6) is -7.62. The molecule has 5 atom stereocenters. The van der Waals surface area contributed by atoms with Gasteiger partial charge < -0.3 is 41.6 Å². The van der Waals surface area contributed by atoms with Gasteiger partial charge in [-0.05, 0) is 18.8 Å². The maximum Gasteiger partial charge on any atom is 0.305 e. The Morgan fingerprint density at radius 3 is 1.53 bits per heavy atom. The van der Waals surface area contributed by atoms with Crippen LogP contribution in [0.15, 0.2) is 0 Å². The zero-order chi connectivity index (χ0) is 29.7. The van der Waals surface area contributed by atoms with Crippen molar-refractivity contribution in [3.63, 3.8) is 0 Å². The molecular weight excluding hydrogens is 506 g/mol. The highest BCUT2D eigenvalue weighted by molar-refractivity contribution is 5.97. The number of hydrogen-bond acceptors (Lipinski definition) is 8. The summed E-state index contributed by atoms with van der Waals surface area (Å²) >= 11 is 0. The van der Waals surface area contributed by atoms with E-state index in [9.17, 15) is 43.5 Å². The van der Waals surface area contributed by atoms with E-state index >= 15 is 0 Å². The summed E-state index contributed by atoms with van der Waals surface area (Å²) in [6, 6.07) is -6.43. The lowest BCUT2D eigenvalue weighted by Crippen LogP contribution is -2.60. The lowest BCUT2D eigenvalue weighted by atomic mass is 10.0. The van der Waals surface area contributed by atoms with Crippen LogP contribution >= 0.6 is 0 Å². The summed E-state index contributed by atoms with van der Waals surface area (Å²) in [6.07, 6.45) is -1.23. The molecule has 0 unspecified atom stereocenters. The summed E-state index contributed by atoms with van der Waals surface area (Å²) in [5, 5.41) is 29.6. The van der Waals surface area contributed by atoms with Crippen molar-refractivity contribution < 1.29 is 48.6 Å². The molecule has 0 aliphatic rings. The number of carboxylic acids is 2. The molecular formula is C23H37N5O10. The predicted octanol–water partition coefficient (Wildman–Crippen LogP) is -2.09. The van der Waals surface area contributed by atoms with Gasteiger partial charge in [-0.25, -0.2) is 0 Å². The minimum Gasteiger partial charge on any atom is -0.481 e. The van der Waals surface area contributed by atoms with Crippen molar-refractivity contribution in [3.8, 4) is 0 Å². The second-order valence-corrected chi connectivity index (χ2v) is 9.39. The van der Waals surface area contributed by atoms with Crippen molar-refractivity contribution in [3.05, 3.63) is 0 Å². The number of carbonyl (C=O) groups is 8. The van der Waals surface area contributed by atoms with Crippen molar-refractivity contribution in [1.29, 1.82) is 0 Å². The number of carbonyl (C=O) groups excluding carboxylic acids is 6. The molecule has 0 aliphatic heterocycles. The van der Waals surface area contributed by atoms with Crippen molar-refractivity contribution >= 4 is 47.8 Å². The van der Waals surface area contributed by atoms with Crippen LogP contribution in [0.3, 0.4) is 0 Å². The van der Waals surface area contributed by atoms with E-state index in [0.29, 0.717) is 0 Å². The Hall–Kier alpha value is -4.04. The molecule has 0 saturated heterocycles. The normalized spacial score (nSPS) is 14.7. The largest absolute Gasteiger partial charge is 0.481 e. The number of hydrogen-bond donors (Lipinski definition) is 7. The molecule has 0 radical (unpaired) electrons. The van der Waals surface area contributed by atoms with Gasteiger partial charge in [0, 0.05) is 6.92 Å². The van der Waals surface area contributed by atoms with Gasteiger partial charge in [-0.1, -0.05) is 27.7 Å². The minimum atomic E-state index is -1.59. The predicted molar refractivity (Wildman–Crippen MR) is 131 cm³/mol. The highest BCUT2D eigenvalue weighted by Crippen LogP contribution is 2.07. The van der Waals surface area contributed by atoms with E-state index in [-0.39, 0.29) is 12.2 Å². The van der Waals surface area contributed by atoms with E-state index in [4.69, 9.17) is 5.11 Å². The van der Waals surface area contributed by atoms with Crippen LogP contribution in [0.25, 0.3) is 0 Å². The number of amides is 5. The summed E-state index contributed by atoms with van der Waals surface area (Å²) in [6.45, 7) is 8.89. The van der Waals surface area contributed by atoms with Crippen LogP contribution < -0.4 is 26.6 Å². The molecule has 0 aromatic carbocycles. The van der Waals surface area contributed by atoms with Gasteiger partial charge in [-0.2, -0.15) is 0 Å². The molecule has 15 nitrogen and oxygen atoms in total. The van der Waals surface area contributed by atoms with Crippen molar-refractivity contribution in [2.75, 3.05) is 0 Å². The molecule has 0 saturated carbocycles. The zero-order valence-corrected chi connectivity index (χ0v) is 22.2. The van der Waals surface area contributed by atoms with Crippen molar-refractivity contribution in [2.24, 2.45) is 11.8 Å². The summed E-state index contributed by atoms with van der Waals surface area (Å²) in [4.78, 5) is 95.3. The summed E-state index contributed by atoms with van der Waals surface area (Å²) < 4.78 is 0. The van der Waals surface area contributed by atoms with Crippen molar-refractivity contribution in [2.45, 2.75) is 84.6 Å². The molecule has 214 valence electrons. The van der Waals surface area contributed by atoms with Gasteiger partial charge in [0.05, 0.1) is 18.9 Å². The first-order chi connectivity index (χ1) is 17.5. The van der Waals surface area contributed by atoms with Gasteiger partial charge in [0.15, 0.2) is 0 Å². The number of nitrogens with one attached hydrogen (secondary N) is 5. The number of aliphatic carboxylic acids is 2. The maximum atomic E-state index is 12.9. The molecule has 0 bridgehead atoms. The van der Waals surface area contributed by atoms with Crippen LogP contribution in [0.1, 0.15) is 54.4 Å². The fraction of sp³-hybridized carbons (Fsp3) is 0.652. The van der Waals surface area contributed by atoms with Crippen LogP contribution in [-0.2, 0) is 38.4 Å². The first-order valence-electron chi connectivity index (χ1n) is 11.9. The first-order valence-corrected chi connectivity index (χ1v) is 11.9. The Kier molecular flexibility index (Phi) is 14.2. The van der Waals surface area contributed by atoms with Gasteiger partial charge in [0.2, 0.25) is 29.5 Å². The average molecular weight is 544 g/mol. The molecule has 38 heavy (non-hydrogen) atoms. The topological polar surface area (TPSA) is 237 Å². The zero-order valence-electron chi connectivity index (χ0n) is 22.2. The molecule has 0 spiro atoms. The second-order valence-electron chi connectivity index (χ2n) is 9.39. The monoisotopic (exact) mass is 543 g/mol. The lowest BCUT2D eigenvalue weighted by molar-refractivity contribution is -0.142. The Balaban J connectivity index is 5.55. The van der Waals surface area contributed by atoms with Gasteiger partial charge in [0.25, 0.3) is 0 Å². The van der Waals surface area contributed by atoms with E-state index < -0.39 is 90.4 Å². The van der Waals surface area contributed by atoms with Gasteiger partial charge in [-0.15, -0.1) is 0 Å². The smallest absolute Gasteiger partial charge is 0.305 e. The van der Waals surface area contributed by atoms with Crippen molar-refractivity contribution in [1.82, 2.24) is 26.6 Å². The number of rotatable bonds is 16. The SMILES string of the molecule is CC(=O)N[C@H](C(=O)N[C@H](CC(=O)O)C(=O)N[C@H](C(=O)N[C@H](C)C(=O)N[C@H](C=O)CC(=O)O)C(C)C)C(C)C. The molecule has 7 N–H and O–H groups in total. The fourth-order valence-electron chi connectivity index (χ4n) is 3.19. The van der Waals surface area contributed by atoms with Gasteiger partial charge in [0.1, 0.15) is 30.5 Å². The Labute approximate surface area is 219 Å². The molecule has 15 heteroatoms. The van der Waals surface area contributed by atoms with Crippen LogP contribution in [0.5, 0.6) is 0 Å². The van der Waals surface area contributed by atoms with Crippen LogP contribution in [0, 0.1) is 11.8 Å². The van der Waals surface area contributed by atoms with E-state index in [1.807, 2.05) is 0 Å². The summed E-state index contributed by atoms with van der Waals surface area (Å²) in [5.41, 5.74) is 0. The third-order valence-electron chi connectivity index (χ3n) is 5.21. The quantitative estimate of drug-likeness (QED) is 0.105. The molecule has 5 amide bonds. The van der Waals surface area contributed by atoms with Crippen LogP contribution in [-0.4, -0.2) is 88.2 Å². The number of aldehydes is 1. The Morgan fingerprint density at radius 2 is 1.11 bits per heavy atom. The molecule has 0 aromatic rings. The van der Waals surface area contributed by atoms with E-state index in [1.54, 1.807) is 27.7 Å². The van der Waals surface area contributed by atoms with Crippen LogP contribution in [0.2, 0.25) is 0 Å². The first kappa shape index (κ1) is 34.0. The second kappa shape index (κ2) is 15.9. The van der Waals surface area contributed by atoms with E-state index in [2.05, 4.69) is 26.6 Å². The lowest BCUT2D eigenvalue weighted by Gasteiger charge is -2.27. The van der Waals surface area contributed by atoms with Crippen LogP contribution in [0.4, 0.5) is 0 Å². The molecule has 0 heterocycles. The summed E-state index contributed by atoms with van der Waals surface area (Å²) in [7, 11) is 0. The third-order valence-corrected chi connectivity index (χ3v) is 5.21. The van der Waals surface area contributed by atoms with Gasteiger partial charge >= 0.3 is 11.9 Å². The highest BCUT2D eigenvalue weighted by atomic mass is 16.4. The standard InChI is InChI=1S/C23H37N5O10/c1-10(2)18(25-13(6)30)23(38)27-15(8-17(33)34)21(36)28-19(11(3)4)22(37)24-12(5)20(35)26-14(9-29)7-16(31)32/h9-12,14-15,18-19H,7-8H2,1-6H3,(H,24,37)(H,25,30)(H,26,35)(H,27,38)(H,28,36)(H,31,32)(H,33,34)/t12-,14+,15-,18+,19+/m1/s1. The molecule has 0 rings (SSSR count).